The van der Waals surface area contributed by atoms with E-state index in [1.807, 2.05) is 0 Å². The van der Waals surface area contributed by atoms with Crippen LogP contribution in [-0.4, -0.2) is 19.3 Å². The summed E-state index contributed by atoms with van der Waals surface area (Å²) in [6.45, 7) is 1.45. The molecule has 70 valence electrons. The van der Waals surface area contributed by atoms with Crippen molar-refractivity contribution in [1.29, 1.82) is 0 Å². The van der Waals surface area contributed by atoms with Crippen LogP contribution >= 0.6 is 15.9 Å². The Morgan fingerprint density at radius 2 is 2.23 bits per heavy atom. The Labute approximate surface area is 84.2 Å². The molecule has 0 spiro atoms. The van der Waals surface area contributed by atoms with Crippen LogP contribution in [0.3, 0.4) is 0 Å². The van der Waals surface area contributed by atoms with E-state index in [9.17, 15) is 4.39 Å². The third-order valence-electron chi connectivity index (χ3n) is 1.93. The van der Waals surface area contributed by atoms with E-state index in [-0.39, 0.29) is 5.82 Å². The zero-order valence-corrected chi connectivity index (χ0v) is 8.47. The Bertz CT molecular complexity index is 314. The number of benzene rings is 1. The zero-order valence-electron chi connectivity index (χ0n) is 6.89. The summed E-state index contributed by atoms with van der Waals surface area (Å²) in [5, 5.41) is 3.24. The van der Waals surface area contributed by atoms with Crippen LogP contribution in [0.5, 0.6) is 0 Å². The second-order valence-electron chi connectivity index (χ2n) is 3.00. The normalized spacial score (nSPS) is 16.8. The van der Waals surface area contributed by atoms with Gasteiger partial charge in [0.25, 0.3) is 0 Å². The molecule has 2 rings (SSSR count). The van der Waals surface area contributed by atoms with Crippen molar-refractivity contribution in [2.45, 2.75) is 6.04 Å². The highest BCUT2D eigenvalue weighted by Crippen LogP contribution is 2.24. The third-order valence-corrected chi connectivity index (χ3v) is 2.58. The lowest BCUT2D eigenvalue weighted by atomic mass is 10.2. The molecular weight excluding hydrogens is 237 g/mol. The summed E-state index contributed by atoms with van der Waals surface area (Å²) in [6, 6.07) is 4.97. The van der Waals surface area contributed by atoms with Gasteiger partial charge in [0, 0.05) is 10.2 Å². The Hall–Kier alpha value is -0.610. The maximum absolute atomic E-state index is 12.7. The van der Waals surface area contributed by atoms with E-state index in [0.29, 0.717) is 6.04 Å². The molecule has 0 aromatic heterocycles. The Morgan fingerprint density at radius 1 is 1.46 bits per heavy atom. The molecule has 0 aliphatic carbocycles. The van der Waals surface area contributed by atoms with Gasteiger partial charge in [0.2, 0.25) is 0 Å². The quantitative estimate of drug-likeness (QED) is 0.865. The highest BCUT2D eigenvalue weighted by molar-refractivity contribution is 9.10. The lowest BCUT2D eigenvalue weighted by Gasteiger charge is -2.28. The van der Waals surface area contributed by atoms with Crippen LogP contribution in [0, 0.1) is 5.82 Å². The molecule has 0 saturated carbocycles. The van der Waals surface area contributed by atoms with Crippen LogP contribution in [0.15, 0.2) is 22.7 Å². The topological polar surface area (TPSA) is 21.3 Å². The van der Waals surface area contributed by atoms with Crippen molar-refractivity contribution in [2.75, 3.05) is 18.5 Å². The van der Waals surface area contributed by atoms with Gasteiger partial charge in [-0.3, -0.25) is 0 Å². The van der Waals surface area contributed by atoms with E-state index < -0.39 is 0 Å². The van der Waals surface area contributed by atoms with Crippen molar-refractivity contribution in [3.63, 3.8) is 0 Å². The van der Waals surface area contributed by atoms with Gasteiger partial charge in [-0.05, 0) is 34.1 Å². The van der Waals surface area contributed by atoms with Crippen LogP contribution < -0.4 is 5.32 Å². The molecule has 13 heavy (non-hydrogen) atoms. The van der Waals surface area contributed by atoms with Crippen LogP contribution in [0.25, 0.3) is 0 Å². The minimum absolute atomic E-state index is 0.234. The van der Waals surface area contributed by atoms with E-state index in [2.05, 4.69) is 21.2 Å². The molecular formula is C9H9BrFNO. The fourth-order valence-electron chi connectivity index (χ4n) is 1.15. The van der Waals surface area contributed by atoms with Gasteiger partial charge in [0.1, 0.15) is 5.82 Å². The average Bonchev–Trinajstić information content (AvgIpc) is 1.99. The number of hydrogen-bond donors (Lipinski definition) is 1. The molecule has 0 radical (unpaired) electrons. The minimum Gasteiger partial charge on any atom is -0.377 e. The van der Waals surface area contributed by atoms with Crippen LogP contribution in [0.4, 0.5) is 10.1 Å². The molecule has 1 fully saturated rings. The Morgan fingerprint density at radius 3 is 2.77 bits per heavy atom. The molecule has 1 aliphatic heterocycles. The van der Waals surface area contributed by atoms with Crippen LogP contribution in [0.1, 0.15) is 0 Å². The summed E-state index contributed by atoms with van der Waals surface area (Å²) >= 11 is 3.29. The summed E-state index contributed by atoms with van der Waals surface area (Å²) in [4.78, 5) is 0. The Kier molecular flexibility index (Phi) is 2.51. The maximum atomic E-state index is 12.7. The van der Waals surface area contributed by atoms with Crippen molar-refractivity contribution in [1.82, 2.24) is 0 Å². The van der Waals surface area contributed by atoms with Crippen molar-refractivity contribution in [3.8, 4) is 0 Å². The van der Waals surface area contributed by atoms with Crippen molar-refractivity contribution >= 4 is 21.6 Å². The van der Waals surface area contributed by atoms with Crippen molar-refractivity contribution in [3.05, 3.63) is 28.5 Å². The highest BCUT2D eigenvalue weighted by Gasteiger charge is 2.18. The average molecular weight is 246 g/mol. The first kappa shape index (κ1) is 8.97. The lowest BCUT2D eigenvalue weighted by molar-refractivity contribution is 0.0211. The summed E-state index contributed by atoms with van der Waals surface area (Å²) < 4.78 is 18.5. The van der Waals surface area contributed by atoms with Gasteiger partial charge in [-0.25, -0.2) is 4.39 Å². The minimum atomic E-state index is -0.234. The molecule has 0 bridgehead atoms. The monoisotopic (exact) mass is 245 g/mol. The summed E-state index contributed by atoms with van der Waals surface area (Å²) in [5.41, 5.74) is 0.912. The first-order valence-corrected chi connectivity index (χ1v) is 4.84. The second-order valence-corrected chi connectivity index (χ2v) is 3.86. The van der Waals surface area contributed by atoms with Crippen LogP contribution in [-0.2, 0) is 4.74 Å². The van der Waals surface area contributed by atoms with Gasteiger partial charge in [-0.1, -0.05) is 0 Å². The van der Waals surface area contributed by atoms with E-state index in [0.717, 1.165) is 23.4 Å². The summed E-state index contributed by atoms with van der Waals surface area (Å²) in [5.74, 6) is -0.234. The third kappa shape index (κ3) is 2.00. The smallest absolute Gasteiger partial charge is 0.124 e. The summed E-state index contributed by atoms with van der Waals surface area (Å²) in [7, 11) is 0. The molecule has 1 aliphatic rings. The molecule has 4 heteroatoms. The lowest BCUT2D eigenvalue weighted by Crippen LogP contribution is -2.40. The molecule has 1 aromatic carbocycles. The number of rotatable bonds is 2. The summed E-state index contributed by atoms with van der Waals surface area (Å²) in [6.07, 6.45) is 0. The standard InChI is InChI=1S/C9H9BrFNO/c10-8-3-6(11)1-2-9(8)12-7-4-13-5-7/h1-3,7,12H,4-5H2. The van der Waals surface area contributed by atoms with Crippen molar-refractivity contribution in [2.24, 2.45) is 0 Å². The van der Waals surface area contributed by atoms with E-state index in [4.69, 9.17) is 4.74 Å². The van der Waals surface area contributed by atoms with Crippen molar-refractivity contribution < 1.29 is 9.13 Å². The molecule has 1 heterocycles. The van der Waals surface area contributed by atoms with Crippen LogP contribution in [0.2, 0.25) is 0 Å². The fourth-order valence-corrected chi connectivity index (χ4v) is 1.61. The highest BCUT2D eigenvalue weighted by atomic mass is 79.9. The molecule has 2 nitrogen and oxygen atoms in total. The number of nitrogens with one attached hydrogen (secondary N) is 1. The van der Waals surface area contributed by atoms with E-state index in [1.165, 1.54) is 12.1 Å². The van der Waals surface area contributed by atoms with Gasteiger partial charge in [0.05, 0.1) is 19.3 Å². The van der Waals surface area contributed by atoms with E-state index in [1.54, 1.807) is 6.07 Å². The Balaban J connectivity index is 2.10. The predicted octanol–water partition coefficient (Wildman–Crippen LogP) is 2.40. The number of anilines is 1. The van der Waals surface area contributed by atoms with Gasteiger partial charge in [-0.2, -0.15) is 0 Å². The number of hydrogen-bond acceptors (Lipinski definition) is 2. The molecule has 0 unspecified atom stereocenters. The van der Waals surface area contributed by atoms with Gasteiger partial charge in [-0.15, -0.1) is 0 Å². The number of halogens is 2. The fraction of sp³-hybridized carbons (Fsp3) is 0.333. The molecule has 1 saturated heterocycles. The largest absolute Gasteiger partial charge is 0.377 e. The first-order chi connectivity index (χ1) is 6.25. The molecule has 0 amide bonds. The zero-order chi connectivity index (χ0) is 9.26. The van der Waals surface area contributed by atoms with E-state index >= 15 is 0 Å². The molecule has 1 aromatic rings. The predicted molar refractivity (Wildman–Crippen MR) is 52.3 cm³/mol. The second kappa shape index (κ2) is 3.64. The first-order valence-electron chi connectivity index (χ1n) is 4.05. The van der Waals surface area contributed by atoms with Gasteiger partial charge in [0.15, 0.2) is 0 Å². The molecule has 1 N–H and O–H groups in total. The van der Waals surface area contributed by atoms with Gasteiger partial charge < -0.3 is 10.1 Å². The number of ether oxygens (including phenoxy) is 1. The SMILES string of the molecule is Fc1ccc(NC2COC2)c(Br)c1. The van der Waals surface area contributed by atoms with Gasteiger partial charge >= 0.3 is 0 Å². The molecule has 0 atom stereocenters. The maximum Gasteiger partial charge on any atom is 0.124 e.